The van der Waals surface area contributed by atoms with Crippen LogP contribution in [0.15, 0.2) is 83.3 Å². The Morgan fingerprint density at radius 1 is 0.952 bits per heavy atom. The summed E-state index contributed by atoms with van der Waals surface area (Å²) in [5.41, 5.74) is 2.31. The molecule has 0 aromatic heterocycles. The van der Waals surface area contributed by atoms with Crippen molar-refractivity contribution >= 4 is 43.5 Å². The van der Waals surface area contributed by atoms with Gasteiger partial charge in [-0.2, -0.15) is 0 Å². The van der Waals surface area contributed by atoms with E-state index >= 15 is 0 Å². The highest BCUT2D eigenvalue weighted by molar-refractivity contribution is 9.10. The van der Waals surface area contributed by atoms with Gasteiger partial charge >= 0.3 is 0 Å². The van der Waals surface area contributed by atoms with Crippen molar-refractivity contribution in [1.29, 1.82) is 0 Å². The topological polar surface area (TPSA) is 96.0 Å². The van der Waals surface area contributed by atoms with E-state index in [0.29, 0.717) is 24.4 Å². The number of sulfonamides is 1. The molecule has 0 saturated carbocycles. The van der Waals surface area contributed by atoms with Gasteiger partial charge < -0.3 is 15.0 Å². The molecule has 1 N–H and O–H groups in total. The van der Waals surface area contributed by atoms with Gasteiger partial charge in [-0.05, 0) is 59.9 Å². The summed E-state index contributed by atoms with van der Waals surface area (Å²) in [6.07, 6.45) is 1.84. The molecule has 0 saturated heterocycles. The highest BCUT2D eigenvalue weighted by Crippen LogP contribution is 2.23. The summed E-state index contributed by atoms with van der Waals surface area (Å²) in [6, 6.07) is 23.3. The minimum absolute atomic E-state index is 0.0684. The van der Waals surface area contributed by atoms with Crippen LogP contribution in [0.1, 0.15) is 37.8 Å². The Morgan fingerprint density at radius 2 is 1.62 bits per heavy atom. The third-order valence-corrected chi connectivity index (χ3v) is 8.40. The Morgan fingerprint density at radius 3 is 2.21 bits per heavy atom. The lowest BCUT2D eigenvalue weighted by molar-refractivity contribution is -0.141. The van der Waals surface area contributed by atoms with Crippen molar-refractivity contribution in [2.24, 2.45) is 5.92 Å². The Balaban J connectivity index is 1.87. The molecule has 0 bridgehead atoms. The first-order valence-electron chi connectivity index (χ1n) is 13.9. The lowest BCUT2D eigenvalue weighted by Gasteiger charge is -2.32. The summed E-state index contributed by atoms with van der Waals surface area (Å²) in [4.78, 5) is 29.1. The van der Waals surface area contributed by atoms with Crippen LogP contribution < -0.4 is 14.4 Å². The van der Waals surface area contributed by atoms with Crippen LogP contribution in [0.25, 0.3) is 0 Å². The van der Waals surface area contributed by atoms with Gasteiger partial charge in [0, 0.05) is 36.9 Å². The Hall–Kier alpha value is -3.37. The lowest BCUT2D eigenvalue weighted by Crippen LogP contribution is -2.51. The molecule has 2 amide bonds. The highest BCUT2D eigenvalue weighted by atomic mass is 79.9. The lowest BCUT2D eigenvalue weighted by atomic mass is 10.0. The Kier molecular flexibility index (Phi) is 12.4. The smallest absolute Gasteiger partial charge is 0.243 e. The number of hydrogen-bond acceptors (Lipinski definition) is 5. The number of hydrogen-bond donors (Lipinski definition) is 1. The fraction of sp³-hybridized carbons (Fsp3) is 0.375. The molecule has 42 heavy (non-hydrogen) atoms. The van der Waals surface area contributed by atoms with Crippen molar-refractivity contribution in [2.75, 3.05) is 30.8 Å². The molecule has 0 fully saturated rings. The van der Waals surface area contributed by atoms with Crippen LogP contribution in [-0.2, 0) is 32.6 Å². The molecule has 0 unspecified atom stereocenters. The first-order chi connectivity index (χ1) is 20.0. The molecule has 1 atom stereocenters. The van der Waals surface area contributed by atoms with Crippen molar-refractivity contribution in [3.05, 3.63) is 94.5 Å². The monoisotopic (exact) mass is 657 g/mol. The fourth-order valence-corrected chi connectivity index (χ4v) is 5.97. The molecule has 0 heterocycles. The number of nitrogens with zero attached hydrogens (tertiary/aromatic N) is 2. The first-order valence-corrected chi connectivity index (χ1v) is 16.6. The summed E-state index contributed by atoms with van der Waals surface area (Å²) in [5, 5.41) is 3.02. The third-order valence-electron chi connectivity index (χ3n) is 6.71. The fourth-order valence-electron chi connectivity index (χ4n) is 4.56. The quantitative estimate of drug-likeness (QED) is 0.236. The zero-order valence-corrected chi connectivity index (χ0v) is 27.0. The Labute approximate surface area is 258 Å². The summed E-state index contributed by atoms with van der Waals surface area (Å²) < 4.78 is 32.6. The number of carbonyl (C=O) groups excluding carboxylic acids is 2. The molecular formula is C32H40BrN3O5S. The number of methoxy groups -OCH3 is 1. The molecule has 226 valence electrons. The number of carbonyl (C=O) groups is 2. The van der Waals surface area contributed by atoms with Crippen LogP contribution in [0.4, 0.5) is 5.69 Å². The van der Waals surface area contributed by atoms with Gasteiger partial charge in [0.1, 0.15) is 11.8 Å². The third kappa shape index (κ3) is 10.2. The molecule has 3 aromatic rings. The second-order valence-corrected chi connectivity index (χ2v) is 13.5. The van der Waals surface area contributed by atoms with Crippen LogP contribution in [0, 0.1) is 5.92 Å². The van der Waals surface area contributed by atoms with Crippen LogP contribution in [0.5, 0.6) is 5.75 Å². The normalized spacial score (nSPS) is 12.0. The van der Waals surface area contributed by atoms with E-state index in [9.17, 15) is 18.0 Å². The maximum atomic E-state index is 13.9. The maximum absolute atomic E-state index is 13.9. The van der Waals surface area contributed by atoms with Gasteiger partial charge in [-0.15, -0.1) is 0 Å². The van der Waals surface area contributed by atoms with Crippen LogP contribution in [-0.4, -0.2) is 57.6 Å². The predicted octanol–water partition coefficient (Wildman–Crippen LogP) is 5.42. The maximum Gasteiger partial charge on any atom is 0.243 e. The van der Waals surface area contributed by atoms with E-state index in [1.54, 1.807) is 36.3 Å². The van der Waals surface area contributed by atoms with Crippen LogP contribution in [0.3, 0.4) is 0 Å². The van der Waals surface area contributed by atoms with Gasteiger partial charge in [-0.3, -0.25) is 13.9 Å². The van der Waals surface area contributed by atoms with Crippen molar-refractivity contribution in [1.82, 2.24) is 10.2 Å². The number of ether oxygens (including phenoxy) is 1. The van der Waals surface area contributed by atoms with E-state index in [-0.39, 0.29) is 43.7 Å². The summed E-state index contributed by atoms with van der Waals surface area (Å²) in [5.74, 6) is 0.428. The van der Waals surface area contributed by atoms with Crippen molar-refractivity contribution in [2.45, 2.75) is 45.7 Å². The van der Waals surface area contributed by atoms with E-state index in [1.165, 1.54) is 4.31 Å². The van der Waals surface area contributed by atoms with E-state index in [4.69, 9.17) is 4.74 Å². The molecule has 3 rings (SSSR count). The predicted molar refractivity (Wildman–Crippen MR) is 171 cm³/mol. The van der Waals surface area contributed by atoms with Crippen molar-refractivity contribution in [3.8, 4) is 5.75 Å². The number of rotatable bonds is 15. The van der Waals surface area contributed by atoms with Gasteiger partial charge in [-0.25, -0.2) is 8.42 Å². The summed E-state index contributed by atoms with van der Waals surface area (Å²) in [7, 11) is -2.05. The molecule has 8 nitrogen and oxygen atoms in total. The van der Waals surface area contributed by atoms with E-state index in [1.807, 2.05) is 68.4 Å². The van der Waals surface area contributed by atoms with Crippen LogP contribution in [0.2, 0.25) is 0 Å². The average Bonchev–Trinajstić information content (AvgIpc) is 2.95. The van der Waals surface area contributed by atoms with Gasteiger partial charge in [0.2, 0.25) is 21.8 Å². The van der Waals surface area contributed by atoms with Gasteiger partial charge in [-0.1, -0.05) is 72.2 Å². The standard InChI is InChI=1S/C32H40BrN3O5S/c1-24(2)22-34-32(38)30(21-25-10-6-5-7-11-25)35(23-26-12-8-13-27(33)20-26)31(37)14-9-19-36(42(4,39)40)28-15-17-29(41-3)18-16-28/h5-8,10-13,15-18,20,24,30H,9,14,19,21-23H2,1-4H3,(H,34,38)/t30-/m0/s1. The van der Waals surface area contributed by atoms with Crippen molar-refractivity contribution < 1.29 is 22.7 Å². The molecular weight excluding hydrogens is 618 g/mol. The average molecular weight is 659 g/mol. The van der Waals surface area contributed by atoms with E-state index in [2.05, 4.69) is 21.2 Å². The number of halogens is 1. The van der Waals surface area contributed by atoms with Crippen LogP contribution >= 0.6 is 15.9 Å². The second-order valence-electron chi connectivity index (χ2n) is 10.6. The SMILES string of the molecule is COc1ccc(N(CCCC(=O)N(Cc2cccc(Br)c2)[C@@H](Cc2ccccc2)C(=O)NCC(C)C)S(C)(=O)=O)cc1. The van der Waals surface area contributed by atoms with Crippen molar-refractivity contribution in [3.63, 3.8) is 0 Å². The summed E-state index contributed by atoms with van der Waals surface area (Å²) in [6.45, 7) is 4.89. The number of amides is 2. The molecule has 0 spiro atoms. The second kappa shape index (κ2) is 15.7. The van der Waals surface area contributed by atoms with Gasteiger partial charge in [0.25, 0.3) is 0 Å². The first kappa shape index (κ1) is 33.1. The zero-order valence-electron chi connectivity index (χ0n) is 24.6. The minimum Gasteiger partial charge on any atom is -0.497 e. The van der Waals surface area contributed by atoms with E-state index < -0.39 is 16.1 Å². The zero-order chi connectivity index (χ0) is 30.7. The molecule has 10 heteroatoms. The highest BCUT2D eigenvalue weighted by Gasteiger charge is 2.30. The molecule has 0 aliphatic rings. The number of benzene rings is 3. The Bertz CT molecular complexity index is 1420. The summed E-state index contributed by atoms with van der Waals surface area (Å²) >= 11 is 3.50. The minimum atomic E-state index is -3.60. The molecule has 0 aliphatic heterocycles. The largest absolute Gasteiger partial charge is 0.497 e. The molecule has 3 aromatic carbocycles. The van der Waals surface area contributed by atoms with E-state index in [0.717, 1.165) is 21.9 Å². The molecule has 0 aliphatic carbocycles. The van der Waals surface area contributed by atoms with Gasteiger partial charge in [0.05, 0.1) is 19.1 Å². The number of anilines is 1. The molecule has 0 radical (unpaired) electrons. The van der Waals surface area contributed by atoms with Gasteiger partial charge in [0.15, 0.2) is 0 Å². The number of nitrogens with one attached hydrogen (secondary N) is 1.